The van der Waals surface area contributed by atoms with E-state index in [2.05, 4.69) is 15.9 Å². The lowest BCUT2D eigenvalue weighted by Gasteiger charge is -2.39. The molecule has 0 saturated carbocycles. The van der Waals surface area contributed by atoms with Crippen molar-refractivity contribution < 1.29 is 9.47 Å². The topological polar surface area (TPSA) is 44.5 Å². The van der Waals surface area contributed by atoms with Crippen LogP contribution in [0, 0.1) is 5.92 Å². The molecular formula is C15H19BrClNO2. The SMILES string of the molecule is NC(c1cc(Cl)ccc1Br)C1CCOC2(CCOC2)C1. The first-order valence-electron chi connectivity index (χ1n) is 7.02. The van der Waals surface area contributed by atoms with Crippen LogP contribution in [-0.2, 0) is 9.47 Å². The number of nitrogens with two attached hydrogens (primary N) is 1. The Kier molecular flexibility index (Phi) is 4.39. The van der Waals surface area contributed by atoms with Gasteiger partial charge in [-0.15, -0.1) is 0 Å². The minimum absolute atomic E-state index is 0.0237. The first-order chi connectivity index (χ1) is 9.60. The zero-order chi connectivity index (χ0) is 14.2. The molecule has 3 rings (SSSR count). The summed E-state index contributed by atoms with van der Waals surface area (Å²) in [5.74, 6) is 0.403. The summed E-state index contributed by atoms with van der Waals surface area (Å²) in [5.41, 5.74) is 7.48. The third kappa shape index (κ3) is 2.90. The van der Waals surface area contributed by atoms with Crippen molar-refractivity contribution in [2.45, 2.75) is 30.9 Å². The number of hydrogen-bond acceptors (Lipinski definition) is 3. The van der Waals surface area contributed by atoms with E-state index in [4.69, 9.17) is 26.8 Å². The molecule has 1 spiro atoms. The Morgan fingerprint density at radius 3 is 3.00 bits per heavy atom. The van der Waals surface area contributed by atoms with Gasteiger partial charge in [-0.1, -0.05) is 27.5 Å². The van der Waals surface area contributed by atoms with E-state index >= 15 is 0 Å². The summed E-state index contributed by atoms with van der Waals surface area (Å²) >= 11 is 9.68. The Labute approximate surface area is 132 Å². The number of benzene rings is 1. The fourth-order valence-corrected chi connectivity index (χ4v) is 3.95. The van der Waals surface area contributed by atoms with E-state index in [1.807, 2.05) is 18.2 Å². The lowest BCUT2D eigenvalue weighted by atomic mass is 9.79. The second-order valence-electron chi connectivity index (χ2n) is 5.78. The van der Waals surface area contributed by atoms with Gasteiger partial charge >= 0.3 is 0 Å². The Balaban J connectivity index is 1.79. The van der Waals surface area contributed by atoms with E-state index in [9.17, 15) is 0 Å². The second-order valence-corrected chi connectivity index (χ2v) is 7.07. The first kappa shape index (κ1) is 14.8. The van der Waals surface area contributed by atoms with Gasteiger partial charge in [0.1, 0.15) is 0 Å². The Morgan fingerprint density at radius 2 is 2.25 bits per heavy atom. The van der Waals surface area contributed by atoms with Gasteiger partial charge < -0.3 is 15.2 Å². The van der Waals surface area contributed by atoms with Gasteiger partial charge in [0.15, 0.2) is 0 Å². The average Bonchev–Trinajstić information content (AvgIpc) is 2.88. The largest absolute Gasteiger partial charge is 0.378 e. The van der Waals surface area contributed by atoms with Gasteiger partial charge in [0.25, 0.3) is 0 Å². The van der Waals surface area contributed by atoms with Crippen molar-refractivity contribution in [2.75, 3.05) is 19.8 Å². The van der Waals surface area contributed by atoms with Crippen molar-refractivity contribution in [3.05, 3.63) is 33.3 Å². The minimum atomic E-state index is -0.106. The molecule has 0 aromatic heterocycles. The smallest absolute Gasteiger partial charge is 0.0940 e. The third-order valence-electron chi connectivity index (χ3n) is 4.42. The van der Waals surface area contributed by atoms with Gasteiger partial charge in [-0.05, 0) is 42.5 Å². The predicted octanol–water partition coefficient (Wildman–Crippen LogP) is 3.69. The Bertz CT molecular complexity index is 491. The lowest BCUT2D eigenvalue weighted by molar-refractivity contribution is -0.101. The summed E-state index contributed by atoms with van der Waals surface area (Å²) < 4.78 is 12.5. The number of halogens is 2. The van der Waals surface area contributed by atoms with Crippen LogP contribution in [0.15, 0.2) is 22.7 Å². The number of hydrogen-bond donors (Lipinski definition) is 1. The molecule has 1 aromatic rings. The van der Waals surface area contributed by atoms with Gasteiger partial charge in [-0.3, -0.25) is 0 Å². The summed E-state index contributed by atoms with van der Waals surface area (Å²) in [7, 11) is 0. The van der Waals surface area contributed by atoms with E-state index in [-0.39, 0.29) is 11.6 Å². The molecule has 2 N–H and O–H groups in total. The van der Waals surface area contributed by atoms with Crippen LogP contribution in [0.3, 0.4) is 0 Å². The molecule has 3 atom stereocenters. The molecule has 0 amide bonds. The van der Waals surface area contributed by atoms with Crippen LogP contribution in [-0.4, -0.2) is 25.4 Å². The van der Waals surface area contributed by atoms with Crippen LogP contribution in [0.1, 0.15) is 30.9 Å². The molecule has 0 bridgehead atoms. The van der Waals surface area contributed by atoms with Gasteiger partial charge in [-0.25, -0.2) is 0 Å². The summed E-state index contributed by atoms with van der Waals surface area (Å²) in [6.45, 7) is 2.26. The number of ether oxygens (including phenoxy) is 2. The summed E-state index contributed by atoms with van der Waals surface area (Å²) in [6.07, 6.45) is 2.93. The maximum absolute atomic E-state index is 6.51. The highest BCUT2D eigenvalue weighted by molar-refractivity contribution is 9.10. The zero-order valence-corrected chi connectivity index (χ0v) is 13.6. The predicted molar refractivity (Wildman–Crippen MR) is 82.9 cm³/mol. The lowest BCUT2D eigenvalue weighted by Crippen LogP contribution is -2.43. The van der Waals surface area contributed by atoms with E-state index in [0.717, 1.165) is 47.5 Å². The summed E-state index contributed by atoms with van der Waals surface area (Å²) in [6, 6.07) is 5.77. The van der Waals surface area contributed by atoms with Crippen LogP contribution in [0.25, 0.3) is 0 Å². The van der Waals surface area contributed by atoms with E-state index < -0.39 is 0 Å². The minimum Gasteiger partial charge on any atom is -0.378 e. The molecule has 3 nitrogen and oxygen atoms in total. The molecule has 2 heterocycles. The summed E-state index contributed by atoms with van der Waals surface area (Å²) in [5, 5.41) is 0.727. The zero-order valence-electron chi connectivity index (χ0n) is 11.3. The molecule has 110 valence electrons. The molecule has 20 heavy (non-hydrogen) atoms. The third-order valence-corrected chi connectivity index (χ3v) is 5.38. The molecule has 0 aliphatic carbocycles. The fraction of sp³-hybridized carbons (Fsp3) is 0.600. The molecule has 2 aliphatic heterocycles. The van der Waals surface area contributed by atoms with Crippen molar-refractivity contribution in [2.24, 2.45) is 11.7 Å². The summed E-state index contributed by atoms with van der Waals surface area (Å²) in [4.78, 5) is 0. The van der Waals surface area contributed by atoms with Crippen molar-refractivity contribution in [1.29, 1.82) is 0 Å². The van der Waals surface area contributed by atoms with Crippen LogP contribution >= 0.6 is 27.5 Å². The van der Waals surface area contributed by atoms with Crippen molar-refractivity contribution in [1.82, 2.24) is 0 Å². The average molecular weight is 361 g/mol. The molecule has 2 fully saturated rings. The van der Waals surface area contributed by atoms with Crippen LogP contribution < -0.4 is 5.73 Å². The highest BCUT2D eigenvalue weighted by atomic mass is 79.9. The van der Waals surface area contributed by atoms with Crippen LogP contribution in [0.4, 0.5) is 0 Å². The number of rotatable bonds is 2. The Hall–Kier alpha value is -0.130. The van der Waals surface area contributed by atoms with Crippen molar-refractivity contribution >= 4 is 27.5 Å². The monoisotopic (exact) mass is 359 g/mol. The highest BCUT2D eigenvalue weighted by Gasteiger charge is 2.42. The van der Waals surface area contributed by atoms with Crippen molar-refractivity contribution in [3.63, 3.8) is 0 Å². The van der Waals surface area contributed by atoms with Gasteiger partial charge in [-0.2, -0.15) is 0 Å². The molecule has 0 radical (unpaired) electrons. The molecule has 3 unspecified atom stereocenters. The molecular weight excluding hydrogens is 342 g/mol. The molecule has 2 saturated heterocycles. The van der Waals surface area contributed by atoms with Crippen LogP contribution in [0.2, 0.25) is 5.02 Å². The second kappa shape index (κ2) is 5.93. The van der Waals surface area contributed by atoms with Gasteiger partial charge in [0.2, 0.25) is 0 Å². The maximum Gasteiger partial charge on any atom is 0.0940 e. The Morgan fingerprint density at radius 1 is 1.40 bits per heavy atom. The standard InChI is InChI=1S/C15H19BrClNO2/c16-13-2-1-11(17)7-12(13)14(18)10-3-5-20-15(8-10)4-6-19-9-15/h1-2,7,10,14H,3-6,8-9,18H2. The highest BCUT2D eigenvalue weighted by Crippen LogP contribution is 2.41. The van der Waals surface area contributed by atoms with Gasteiger partial charge in [0, 0.05) is 35.2 Å². The molecule has 5 heteroatoms. The molecule has 1 aromatic carbocycles. The molecule has 2 aliphatic rings. The van der Waals surface area contributed by atoms with Crippen LogP contribution in [0.5, 0.6) is 0 Å². The van der Waals surface area contributed by atoms with E-state index in [1.165, 1.54) is 0 Å². The quantitative estimate of drug-likeness (QED) is 0.875. The first-order valence-corrected chi connectivity index (χ1v) is 8.19. The fourth-order valence-electron chi connectivity index (χ4n) is 3.26. The van der Waals surface area contributed by atoms with Gasteiger partial charge in [0.05, 0.1) is 12.2 Å². The van der Waals surface area contributed by atoms with E-state index in [1.54, 1.807) is 0 Å². The normalized spacial score (nSPS) is 31.6. The van der Waals surface area contributed by atoms with Crippen molar-refractivity contribution in [3.8, 4) is 0 Å². The maximum atomic E-state index is 6.51. The van der Waals surface area contributed by atoms with E-state index in [0.29, 0.717) is 12.5 Å².